The summed E-state index contributed by atoms with van der Waals surface area (Å²) >= 11 is 0. The summed E-state index contributed by atoms with van der Waals surface area (Å²) in [6, 6.07) is 14.8. The third-order valence-electron chi connectivity index (χ3n) is 4.02. The van der Waals surface area contributed by atoms with Gasteiger partial charge in [-0.15, -0.1) is 0 Å². The smallest absolute Gasteiger partial charge is 0.257 e. The standard InChI is InChI=1S/C20H19N3O2/c1-12-17-6-4-5-7-18(17)21-13(2)19(12)20(25)23-16-10-8-15(9-11-16)22-14(3)24/h4-11H,1-3H3,(H,22,24)(H,23,25). The summed E-state index contributed by atoms with van der Waals surface area (Å²) in [5.41, 5.74) is 4.42. The Labute approximate surface area is 146 Å². The number of pyridine rings is 1. The number of hydrogen-bond donors (Lipinski definition) is 2. The number of rotatable bonds is 3. The number of nitrogens with zero attached hydrogens (tertiary/aromatic N) is 1. The summed E-state index contributed by atoms with van der Waals surface area (Å²) in [5.74, 6) is -0.328. The number of benzene rings is 2. The van der Waals surface area contributed by atoms with E-state index < -0.39 is 0 Å². The van der Waals surface area contributed by atoms with Gasteiger partial charge in [-0.05, 0) is 49.7 Å². The summed E-state index contributed by atoms with van der Waals surface area (Å²) in [6.45, 7) is 5.23. The molecule has 0 aliphatic heterocycles. The third kappa shape index (κ3) is 3.50. The zero-order valence-electron chi connectivity index (χ0n) is 14.4. The molecule has 3 aromatic rings. The fourth-order valence-electron chi connectivity index (χ4n) is 2.90. The zero-order valence-corrected chi connectivity index (χ0v) is 14.4. The number of anilines is 2. The molecule has 0 unspecified atom stereocenters. The zero-order chi connectivity index (χ0) is 18.0. The van der Waals surface area contributed by atoms with Crippen LogP contribution in [0.15, 0.2) is 48.5 Å². The molecule has 2 N–H and O–H groups in total. The van der Waals surface area contributed by atoms with Crippen molar-refractivity contribution in [2.45, 2.75) is 20.8 Å². The minimum absolute atomic E-state index is 0.134. The van der Waals surface area contributed by atoms with Crippen molar-refractivity contribution in [3.05, 3.63) is 65.4 Å². The Kier molecular flexibility index (Phi) is 4.48. The predicted octanol–water partition coefficient (Wildman–Crippen LogP) is 4.06. The van der Waals surface area contributed by atoms with Gasteiger partial charge in [0.2, 0.25) is 5.91 Å². The van der Waals surface area contributed by atoms with Crippen molar-refractivity contribution in [3.63, 3.8) is 0 Å². The summed E-state index contributed by atoms with van der Waals surface area (Å²) in [7, 11) is 0. The molecule has 25 heavy (non-hydrogen) atoms. The van der Waals surface area contributed by atoms with Crippen LogP contribution in [0.3, 0.4) is 0 Å². The predicted molar refractivity (Wildman–Crippen MR) is 99.9 cm³/mol. The maximum atomic E-state index is 12.7. The molecule has 0 saturated heterocycles. The van der Waals surface area contributed by atoms with Crippen LogP contribution in [0.4, 0.5) is 11.4 Å². The average Bonchev–Trinajstić information content (AvgIpc) is 2.56. The maximum Gasteiger partial charge on any atom is 0.257 e. The Morgan fingerprint density at radius 3 is 2.12 bits per heavy atom. The molecule has 126 valence electrons. The van der Waals surface area contributed by atoms with Gasteiger partial charge < -0.3 is 10.6 Å². The molecule has 3 rings (SSSR count). The number of fused-ring (bicyclic) bond motifs is 1. The number of aromatic nitrogens is 1. The van der Waals surface area contributed by atoms with Crippen molar-refractivity contribution in [1.82, 2.24) is 4.98 Å². The molecule has 0 aliphatic rings. The molecule has 0 radical (unpaired) electrons. The second-order valence-electron chi connectivity index (χ2n) is 5.93. The minimum Gasteiger partial charge on any atom is -0.326 e. The van der Waals surface area contributed by atoms with Crippen LogP contribution in [0.25, 0.3) is 10.9 Å². The SMILES string of the molecule is CC(=O)Nc1ccc(NC(=O)c2c(C)nc3ccccc3c2C)cc1. The van der Waals surface area contributed by atoms with E-state index in [0.29, 0.717) is 22.6 Å². The molecule has 5 heteroatoms. The number of carbonyl (C=O) groups excluding carboxylic acids is 2. The van der Waals surface area contributed by atoms with Crippen LogP contribution < -0.4 is 10.6 Å². The molecule has 1 aromatic heterocycles. The van der Waals surface area contributed by atoms with Crippen molar-refractivity contribution in [2.24, 2.45) is 0 Å². The number of nitrogens with one attached hydrogen (secondary N) is 2. The lowest BCUT2D eigenvalue weighted by Crippen LogP contribution is -2.16. The van der Waals surface area contributed by atoms with Crippen LogP contribution in [0, 0.1) is 13.8 Å². The van der Waals surface area contributed by atoms with E-state index in [0.717, 1.165) is 16.5 Å². The van der Waals surface area contributed by atoms with E-state index in [-0.39, 0.29) is 11.8 Å². The Balaban J connectivity index is 1.88. The lowest BCUT2D eigenvalue weighted by atomic mass is 10.0. The van der Waals surface area contributed by atoms with Crippen LogP contribution in [0.5, 0.6) is 0 Å². The van der Waals surface area contributed by atoms with Gasteiger partial charge in [0.05, 0.1) is 16.8 Å². The number of amides is 2. The van der Waals surface area contributed by atoms with Crippen LogP contribution in [0.1, 0.15) is 28.5 Å². The lowest BCUT2D eigenvalue weighted by molar-refractivity contribution is -0.114. The highest BCUT2D eigenvalue weighted by Crippen LogP contribution is 2.23. The van der Waals surface area contributed by atoms with E-state index in [9.17, 15) is 9.59 Å². The topological polar surface area (TPSA) is 71.1 Å². The Morgan fingerprint density at radius 2 is 1.48 bits per heavy atom. The summed E-state index contributed by atoms with van der Waals surface area (Å²) in [6.07, 6.45) is 0. The van der Waals surface area contributed by atoms with E-state index in [4.69, 9.17) is 0 Å². The third-order valence-corrected chi connectivity index (χ3v) is 4.02. The van der Waals surface area contributed by atoms with E-state index in [1.54, 1.807) is 24.3 Å². The number of para-hydroxylation sites is 1. The first-order valence-electron chi connectivity index (χ1n) is 8.00. The molecule has 0 spiro atoms. The second-order valence-corrected chi connectivity index (χ2v) is 5.93. The molecule has 0 atom stereocenters. The quantitative estimate of drug-likeness (QED) is 0.759. The van der Waals surface area contributed by atoms with E-state index >= 15 is 0 Å². The van der Waals surface area contributed by atoms with Crippen molar-refractivity contribution in [1.29, 1.82) is 0 Å². The molecule has 0 fully saturated rings. The van der Waals surface area contributed by atoms with Crippen LogP contribution in [0.2, 0.25) is 0 Å². The fourth-order valence-corrected chi connectivity index (χ4v) is 2.90. The highest BCUT2D eigenvalue weighted by molar-refractivity contribution is 6.08. The molecule has 0 aliphatic carbocycles. The molecule has 5 nitrogen and oxygen atoms in total. The summed E-state index contributed by atoms with van der Waals surface area (Å²) in [4.78, 5) is 28.3. The first-order chi connectivity index (χ1) is 12.0. The molecular weight excluding hydrogens is 314 g/mol. The highest BCUT2D eigenvalue weighted by Gasteiger charge is 2.16. The number of hydrogen-bond acceptors (Lipinski definition) is 3. The first kappa shape index (κ1) is 16.6. The number of aryl methyl sites for hydroxylation is 2. The second kappa shape index (κ2) is 6.73. The molecule has 2 amide bonds. The van der Waals surface area contributed by atoms with Crippen molar-refractivity contribution >= 4 is 34.1 Å². The van der Waals surface area contributed by atoms with Gasteiger partial charge >= 0.3 is 0 Å². The molecule has 0 bridgehead atoms. The van der Waals surface area contributed by atoms with Gasteiger partial charge in [-0.1, -0.05) is 18.2 Å². The molecule has 1 heterocycles. The van der Waals surface area contributed by atoms with Crippen molar-refractivity contribution < 1.29 is 9.59 Å². The van der Waals surface area contributed by atoms with Gasteiger partial charge in [0.1, 0.15) is 0 Å². The van der Waals surface area contributed by atoms with Crippen molar-refractivity contribution in [3.8, 4) is 0 Å². The Hall–Kier alpha value is -3.21. The van der Waals surface area contributed by atoms with Gasteiger partial charge in [-0.2, -0.15) is 0 Å². The first-order valence-corrected chi connectivity index (χ1v) is 8.00. The number of carbonyl (C=O) groups is 2. The van der Waals surface area contributed by atoms with Crippen LogP contribution in [-0.2, 0) is 4.79 Å². The van der Waals surface area contributed by atoms with Crippen LogP contribution >= 0.6 is 0 Å². The molecular formula is C20H19N3O2. The summed E-state index contributed by atoms with van der Waals surface area (Å²) in [5, 5.41) is 6.56. The normalized spacial score (nSPS) is 10.5. The van der Waals surface area contributed by atoms with Crippen LogP contribution in [-0.4, -0.2) is 16.8 Å². The molecule has 2 aromatic carbocycles. The van der Waals surface area contributed by atoms with Gasteiger partial charge in [0, 0.05) is 23.7 Å². The Morgan fingerprint density at radius 1 is 0.880 bits per heavy atom. The van der Waals surface area contributed by atoms with E-state index in [1.807, 2.05) is 38.1 Å². The Bertz CT molecular complexity index is 963. The average molecular weight is 333 g/mol. The minimum atomic E-state index is -0.194. The van der Waals surface area contributed by atoms with Gasteiger partial charge in [-0.25, -0.2) is 0 Å². The van der Waals surface area contributed by atoms with Gasteiger partial charge in [0.15, 0.2) is 0 Å². The van der Waals surface area contributed by atoms with Gasteiger partial charge in [-0.3, -0.25) is 14.6 Å². The largest absolute Gasteiger partial charge is 0.326 e. The van der Waals surface area contributed by atoms with E-state index in [1.165, 1.54) is 6.92 Å². The molecule has 0 saturated carbocycles. The van der Waals surface area contributed by atoms with Gasteiger partial charge in [0.25, 0.3) is 5.91 Å². The lowest BCUT2D eigenvalue weighted by Gasteiger charge is -2.13. The van der Waals surface area contributed by atoms with Crippen molar-refractivity contribution in [2.75, 3.05) is 10.6 Å². The maximum absolute atomic E-state index is 12.7. The highest BCUT2D eigenvalue weighted by atomic mass is 16.2. The monoisotopic (exact) mass is 333 g/mol. The summed E-state index contributed by atoms with van der Waals surface area (Å²) < 4.78 is 0. The fraction of sp³-hybridized carbons (Fsp3) is 0.150. The van der Waals surface area contributed by atoms with E-state index in [2.05, 4.69) is 15.6 Å².